The normalized spacial score (nSPS) is 10.3. The molecule has 0 atom stereocenters. The number of nitrogens with one attached hydrogen (secondary N) is 1. The van der Waals surface area contributed by atoms with E-state index in [9.17, 15) is 9.18 Å². The lowest BCUT2D eigenvalue weighted by Gasteiger charge is -2.08. The summed E-state index contributed by atoms with van der Waals surface area (Å²) in [6, 6.07) is 16.3. The summed E-state index contributed by atoms with van der Waals surface area (Å²) in [7, 11) is 0. The minimum absolute atomic E-state index is 0.169. The SMILES string of the molecule is O=C(NCc1ccc(Oc2ccc(F)cc2)cc1)c1cccnc1Cl. The summed E-state index contributed by atoms with van der Waals surface area (Å²) < 4.78 is 18.5. The molecule has 4 nitrogen and oxygen atoms in total. The predicted molar refractivity (Wildman–Crippen MR) is 93.3 cm³/mol. The van der Waals surface area contributed by atoms with Crippen molar-refractivity contribution in [3.05, 3.63) is 89.0 Å². The van der Waals surface area contributed by atoms with E-state index in [1.807, 2.05) is 12.1 Å². The van der Waals surface area contributed by atoms with Gasteiger partial charge in [0.1, 0.15) is 22.5 Å². The molecule has 6 heteroatoms. The zero-order valence-corrected chi connectivity index (χ0v) is 13.8. The molecular formula is C19H14ClFN2O2. The molecule has 0 bridgehead atoms. The molecule has 0 radical (unpaired) electrons. The van der Waals surface area contributed by atoms with E-state index < -0.39 is 0 Å². The molecule has 2 aromatic carbocycles. The van der Waals surface area contributed by atoms with Crippen LogP contribution in [0.1, 0.15) is 15.9 Å². The van der Waals surface area contributed by atoms with Crippen molar-refractivity contribution in [2.75, 3.05) is 0 Å². The van der Waals surface area contributed by atoms with Gasteiger partial charge in [-0.3, -0.25) is 4.79 Å². The van der Waals surface area contributed by atoms with Crippen LogP contribution in [0, 0.1) is 5.82 Å². The minimum atomic E-state index is -0.313. The number of nitrogens with zero attached hydrogens (tertiary/aromatic N) is 1. The molecular weight excluding hydrogens is 343 g/mol. The molecule has 0 saturated heterocycles. The fraction of sp³-hybridized carbons (Fsp3) is 0.0526. The third-order valence-electron chi connectivity index (χ3n) is 3.43. The van der Waals surface area contributed by atoms with Gasteiger partial charge in [-0.1, -0.05) is 23.7 Å². The van der Waals surface area contributed by atoms with Gasteiger partial charge in [-0.05, 0) is 54.1 Å². The Morgan fingerprint density at radius 3 is 2.32 bits per heavy atom. The number of pyridine rings is 1. The van der Waals surface area contributed by atoms with Crippen LogP contribution in [0.2, 0.25) is 5.15 Å². The molecule has 0 aliphatic heterocycles. The summed E-state index contributed by atoms with van der Waals surface area (Å²) in [4.78, 5) is 16.0. The number of carbonyl (C=O) groups is 1. The quantitative estimate of drug-likeness (QED) is 0.680. The second kappa shape index (κ2) is 7.77. The average molecular weight is 357 g/mol. The number of halogens is 2. The van der Waals surface area contributed by atoms with E-state index in [0.29, 0.717) is 23.6 Å². The summed E-state index contributed by atoms with van der Waals surface area (Å²) >= 11 is 5.90. The van der Waals surface area contributed by atoms with Crippen molar-refractivity contribution in [2.45, 2.75) is 6.54 Å². The van der Waals surface area contributed by atoms with Crippen molar-refractivity contribution in [1.29, 1.82) is 0 Å². The lowest BCUT2D eigenvalue weighted by atomic mass is 10.2. The number of rotatable bonds is 5. The molecule has 1 N–H and O–H groups in total. The Bertz CT molecular complexity index is 867. The summed E-state index contributed by atoms with van der Waals surface area (Å²) in [5, 5.41) is 2.96. The van der Waals surface area contributed by atoms with Crippen LogP contribution in [0.25, 0.3) is 0 Å². The Balaban J connectivity index is 1.58. The summed E-state index contributed by atoms with van der Waals surface area (Å²) in [6.45, 7) is 0.348. The molecule has 0 fully saturated rings. The molecule has 3 rings (SSSR count). The number of carbonyl (C=O) groups excluding carboxylic acids is 1. The number of ether oxygens (including phenoxy) is 1. The number of aromatic nitrogens is 1. The minimum Gasteiger partial charge on any atom is -0.457 e. The topological polar surface area (TPSA) is 51.2 Å². The van der Waals surface area contributed by atoms with Crippen LogP contribution in [0.5, 0.6) is 11.5 Å². The van der Waals surface area contributed by atoms with E-state index in [1.165, 1.54) is 18.3 Å². The highest BCUT2D eigenvalue weighted by molar-refractivity contribution is 6.32. The standard InChI is InChI=1S/C19H14ClFN2O2/c20-18-17(2-1-11-22-18)19(24)23-12-13-3-7-15(8-4-13)25-16-9-5-14(21)6-10-16/h1-11H,12H2,(H,23,24). The highest BCUT2D eigenvalue weighted by Crippen LogP contribution is 2.22. The van der Waals surface area contributed by atoms with E-state index >= 15 is 0 Å². The molecule has 25 heavy (non-hydrogen) atoms. The van der Waals surface area contributed by atoms with Crippen molar-refractivity contribution >= 4 is 17.5 Å². The highest BCUT2D eigenvalue weighted by Gasteiger charge is 2.10. The van der Waals surface area contributed by atoms with Gasteiger partial charge in [0, 0.05) is 12.7 Å². The number of hydrogen-bond acceptors (Lipinski definition) is 3. The second-order valence-corrected chi connectivity index (χ2v) is 5.58. The van der Waals surface area contributed by atoms with Gasteiger partial charge in [0.15, 0.2) is 0 Å². The first-order valence-electron chi connectivity index (χ1n) is 7.53. The Kier molecular flexibility index (Phi) is 5.26. The molecule has 0 unspecified atom stereocenters. The van der Waals surface area contributed by atoms with Crippen LogP contribution in [-0.4, -0.2) is 10.9 Å². The van der Waals surface area contributed by atoms with E-state index in [2.05, 4.69) is 10.3 Å². The van der Waals surface area contributed by atoms with Gasteiger partial charge in [0.2, 0.25) is 0 Å². The highest BCUT2D eigenvalue weighted by atomic mass is 35.5. The second-order valence-electron chi connectivity index (χ2n) is 5.22. The fourth-order valence-corrected chi connectivity index (χ4v) is 2.35. The Hall–Kier alpha value is -2.92. The summed E-state index contributed by atoms with van der Waals surface area (Å²) in [5.41, 5.74) is 1.24. The number of hydrogen-bond donors (Lipinski definition) is 1. The molecule has 3 aromatic rings. The van der Waals surface area contributed by atoms with Crippen LogP contribution in [-0.2, 0) is 6.54 Å². The average Bonchev–Trinajstić information content (AvgIpc) is 2.63. The van der Waals surface area contributed by atoms with E-state index in [0.717, 1.165) is 5.56 Å². The summed E-state index contributed by atoms with van der Waals surface area (Å²) in [6.07, 6.45) is 1.53. The monoisotopic (exact) mass is 356 g/mol. The van der Waals surface area contributed by atoms with Gasteiger partial charge in [0.05, 0.1) is 5.56 Å². The molecule has 1 heterocycles. The Morgan fingerprint density at radius 1 is 1.04 bits per heavy atom. The van der Waals surface area contributed by atoms with E-state index in [-0.39, 0.29) is 16.9 Å². The third kappa shape index (κ3) is 4.55. The van der Waals surface area contributed by atoms with Crippen LogP contribution >= 0.6 is 11.6 Å². The lowest BCUT2D eigenvalue weighted by Crippen LogP contribution is -2.23. The maximum Gasteiger partial charge on any atom is 0.254 e. The summed E-state index contributed by atoms with van der Waals surface area (Å²) in [5.74, 6) is 0.572. The Morgan fingerprint density at radius 2 is 1.68 bits per heavy atom. The van der Waals surface area contributed by atoms with E-state index in [1.54, 1.807) is 36.4 Å². The maximum atomic E-state index is 12.9. The number of benzene rings is 2. The van der Waals surface area contributed by atoms with Crippen molar-refractivity contribution in [3.63, 3.8) is 0 Å². The third-order valence-corrected chi connectivity index (χ3v) is 3.73. The van der Waals surface area contributed by atoms with Crippen LogP contribution < -0.4 is 10.1 Å². The predicted octanol–water partition coefficient (Wildman–Crippen LogP) is 4.60. The van der Waals surface area contributed by atoms with Crippen molar-refractivity contribution in [1.82, 2.24) is 10.3 Å². The molecule has 0 aliphatic carbocycles. The molecule has 126 valence electrons. The molecule has 1 amide bonds. The maximum absolute atomic E-state index is 12.9. The van der Waals surface area contributed by atoms with Crippen molar-refractivity contribution < 1.29 is 13.9 Å². The van der Waals surface area contributed by atoms with Gasteiger partial charge >= 0.3 is 0 Å². The molecule has 0 spiro atoms. The molecule has 0 aliphatic rings. The smallest absolute Gasteiger partial charge is 0.254 e. The van der Waals surface area contributed by atoms with Gasteiger partial charge < -0.3 is 10.1 Å². The van der Waals surface area contributed by atoms with Gasteiger partial charge in [0.25, 0.3) is 5.91 Å². The Labute approximate surface area is 149 Å². The zero-order valence-electron chi connectivity index (χ0n) is 13.1. The van der Waals surface area contributed by atoms with Gasteiger partial charge in [-0.15, -0.1) is 0 Å². The lowest BCUT2D eigenvalue weighted by molar-refractivity contribution is 0.0950. The first kappa shape index (κ1) is 16.9. The largest absolute Gasteiger partial charge is 0.457 e. The van der Waals surface area contributed by atoms with Crippen LogP contribution in [0.15, 0.2) is 66.9 Å². The fourth-order valence-electron chi connectivity index (χ4n) is 2.15. The van der Waals surface area contributed by atoms with Crippen LogP contribution in [0.4, 0.5) is 4.39 Å². The molecule has 0 saturated carbocycles. The van der Waals surface area contributed by atoms with Crippen molar-refractivity contribution in [2.24, 2.45) is 0 Å². The zero-order chi connectivity index (χ0) is 17.6. The first-order chi connectivity index (χ1) is 12.1. The van der Waals surface area contributed by atoms with Crippen molar-refractivity contribution in [3.8, 4) is 11.5 Å². The van der Waals surface area contributed by atoms with Gasteiger partial charge in [-0.25, -0.2) is 9.37 Å². The van der Waals surface area contributed by atoms with E-state index in [4.69, 9.17) is 16.3 Å². The number of amides is 1. The van der Waals surface area contributed by atoms with Crippen LogP contribution in [0.3, 0.4) is 0 Å². The van der Waals surface area contributed by atoms with Gasteiger partial charge in [-0.2, -0.15) is 0 Å². The first-order valence-corrected chi connectivity index (χ1v) is 7.91. The molecule has 1 aromatic heterocycles.